The van der Waals surface area contributed by atoms with Crippen molar-refractivity contribution in [2.45, 2.75) is 42.6 Å². The third kappa shape index (κ3) is 3.66. The van der Waals surface area contributed by atoms with Crippen LogP contribution in [0.5, 0.6) is 0 Å². The number of benzene rings is 1. The highest BCUT2D eigenvalue weighted by Gasteiger charge is 2.25. The van der Waals surface area contributed by atoms with Crippen LogP contribution in [0.25, 0.3) is 10.9 Å². The standard InChI is InChI=1S/C17H19ClN2O3S/c1-23-9-8-20-16(22)12-7-6-11(18)10-13(12)19-17(20)24-15-5-3-2-4-14(15)21/h6-7,10,15H,2-5,8-9H2,1H3. The van der Waals surface area contributed by atoms with E-state index in [2.05, 4.69) is 4.98 Å². The second-order valence-corrected chi connectivity index (χ2v) is 7.43. The van der Waals surface area contributed by atoms with Crippen molar-refractivity contribution >= 4 is 40.0 Å². The first-order chi connectivity index (χ1) is 11.6. The minimum Gasteiger partial charge on any atom is -0.383 e. The molecule has 0 amide bonds. The first-order valence-electron chi connectivity index (χ1n) is 7.98. The van der Waals surface area contributed by atoms with Crippen molar-refractivity contribution in [2.75, 3.05) is 13.7 Å². The Balaban J connectivity index is 2.05. The summed E-state index contributed by atoms with van der Waals surface area (Å²) in [6.45, 7) is 0.816. The summed E-state index contributed by atoms with van der Waals surface area (Å²) in [6.07, 6.45) is 3.43. The quantitative estimate of drug-likeness (QED) is 0.760. The van der Waals surface area contributed by atoms with E-state index in [1.165, 1.54) is 11.8 Å². The number of thioether (sulfide) groups is 1. The van der Waals surface area contributed by atoms with Gasteiger partial charge in [-0.15, -0.1) is 0 Å². The van der Waals surface area contributed by atoms with Gasteiger partial charge < -0.3 is 4.74 Å². The van der Waals surface area contributed by atoms with Crippen LogP contribution in [-0.2, 0) is 16.1 Å². The van der Waals surface area contributed by atoms with Crippen LogP contribution in [0.3, 0.4) is 0 Å². The zero-order valence-electron chi connectivity index (χ0n) is 13.5. The van der Waals surface area contributed by atoms with Crippen LogP contribution in [0.2, 0.25) is 5.02 Å². The molecule has 1 aliphatic carbocycles. The van der Waals surface area contributed by atoms with Crippen molar-refractivity contribution in [1.82, 2.24) is 9.55 Å². The lowest BCUT2D eigenvalue weighted by atomic mass is 9.99. The smallest absolute Gasteiger partial charge is 0.262 e. The number of fused-ring (bicyclic) bond motifs is 1. The number of halogens is 1. The summed E-state index contributed by atoms with van der Waals surface area (Å²) in [6, 6.07) is 5.06. The van der Waals surface area contributed by atoms with Gasteiger partial charge in [-0.05, 0) is 31.0 Å². The van der Waals surface area contributed by atoms with Gasteiger partial charge in [0.2, 0.25) is 0 Å². The predicted octanol–water partition coefficient (Wildman–Crippen LogP) is 3.30. The normalized spacial score (nSPS) is 18.2. The molecule has 1 unspecified atom stereocenters. The second kappa shape index (κ2) is 7.68. The monoisotopic (exact) mass is 366 g/mol. The number of aromatic nitrogens is 2. The molecule has 128 valence electrons. The van der Waals surface area contributed by atoms with Gasteiger partial charge in [0.25, 0.3) is 5.56 Å². The van der Waals surface area contributed by atoms with Crippen molar-refractivity contribution in [1.29, 1.82) is 0 Å². The summed E-state index contributed by atoms with van der Waals surface area (Å²) in [4.78, 5) is 29.6. The molecule has 0 spiro atoms. The number of rotatable bonds is 5. The minimum absolute atomic E-state index is 0.125. The molecule has 1 fully saturated rings. The molecule has 1 heterocycles. The van der Waals surface area contributed by atoms with Crippen molar-refractivity contribution in [3.8, 4) is 0 Å². The van der Waals surface area contributed by atoms with Crippen molar-refractivity contribution in [3.63, 3.8) is 0 Å². The number of ether oxygens (including phenoxy) is 1. The second-order valence-electron chi connectivity index (χ2n) is 5.82. The number of carbonyl (C=O) groups is 1. The molecule has 1 saturated carbocycles. The lowest BCUT2D eigenvalue weighted by Crippen LogP contribution is -2.28. The fourth-order valence-corrected chi connectivity index (χ4v) is 4.25. The molecule has 24 heavy (non-hydrogen) atoms. The summed E-state index contributed by atoms with van der Waals surface area (Å²) in [5.74, 6) is 0.241. The van der Waals surface area contributed by atoms with Crippen LogP contribution < -0.4 is 5.56 Å². The van der Waals surface area contributed by atoms with Gasteiger partial charge in [-0.1, -0.05) is 29.8 Å². The Hall–Kier alpha value is -1.37. The molecule has 1 atom stereocenters. The first-order valence-corrected chi connectivity index (χ1v) is 9.24. The van der Waals surface area contributed by atoms with E-state index < -0.39 is 0 Å². The lowest BCUT2D eigenvalue weighted by Gasteiger charge is -2.21. The van der Waals surface area contributed by atoms with Gasteiger partial charge in [-0.2, -0.15) is 0 Å². The number of carbonyl (C=O) groups excluding carboxylic acids is 1. The van der Waals surface area contributed by atoms with Crippen LogP contribution in [0, 0.1) is 0 Å². The predicted molar refractivity (Wildman–Crippen MR) is 96.0 cm³/mol. The van der Waals surface area contributed by atoms with E-state index in [0.717, 1.165) is 19.3 Å². The maximum atomic E-state index is 12.8. The molecule has 0 saturated heterocycles. The van der Waals surface area contributed by atoms with Crippen LogP contribution in [0.15, 0.2) is 28.2 Å². The number of hydrogen-bond donors (Lipinski definition) is 0. The zero-order chi connectivity index (χ0) is 17.1. The Morgan fingerprint density at radius 1 is 1.38 bits per heavy atom. The van der Waals surface area contributed by atoms with E-state index in [9.17, 15) is 9.59 Å². The molecular formula is C17H19ClN2O3S. The highest BCUT2D eigenvalue weighted by Crippen LogP contribution is 2.31. The lowest BCUT2D eigenvalue weighted by molar-refractivity contribution is -0.119. The Bertz CT molecular complexity index is 821. The van der Waals surface area contributed by atoms with Gasteiger partial charge in [0.15, 0.2) is 5.16 Å². The third-order valence-electron chi connectivity index (χ3n) is 4.15. The maximum Gasteiger partial charge on any atom is 0.262 e. The highest BCUT2D eigenvalue weighted by atomic mass is 35.5. The van der Waals surface area contributed by atoms with Crippen LogP contribution in [0.1, 0.15) is 25.7 Å². The number of nitrogens with zero attached hydrogens (tertiary/aromatic N) is 2. The SMILES string of the molecule is COCCn1c(SC2CCCCC2=O)nc2cc(Cl)ccc2c1=O. The maximum absolute atomic E-state index is 12.8. The molecule has 1 aromatic carbocycles. The minimum atomic E-state index is -0.129. The molecular weight excluding hydrogens is 348 g/mol. The van der Waals surface area contributed by atoms with Gasteiger partial charge in [-0.3, -0.25) is 14.2 Å². The highest BCUT2D eigenvalue weighted by molar-refractivity contribution is 8.00. The average molecular weight is 367 g/mol. The third-order valence-corrected chi connectivity index (χ3v) is 5.69. The van der Waals surface area contributed by atoms with E-state index in [-0.39, 0.29) is 16.6 Å². The number of methoxy groups -OCH3 is 1. The van der Waals surface area contributed by atoms with E-state index in [1.54, 1.807) is 29.9 Å². The molecule has 3 rings (SSSR count). The Labute approximate surface area is 149 Å². The fourth-order valence-electron chi connectivity index (χ4n) is 2.85. The van der Waals surface area contributed by atoms with E-state index in [4.69, 9.17) is 16.3 Å². The number of Topliss-reactive ketones (excluding diaryl/α,β-unsaturated/α-hetero) is 1. The number of ketones is 1. The molecule has 1 aliphatic rings. The molecule has 0 N–H and O–H groups in total. The zero-order valence-corrected chi connectivity index (χ0v) is 15.0. The van der Waals surface area contributed by atoms with Crippen LogP contribution in [-0.4, -0.2) is 34.3 Å². The van der Waals surface area contributed by atoms with E-state index in [1.807, 2.05) is 0 Å². The van der Waals surface area contributed by atoms with Gasteiger partial charge >= 0.3 is 0 Å². The summed E-state index contributed by atoms with van der Waals surface area (Å²) in [5.41, 5.74) is 0.436. The Kier molecular flexibility index (Phi) is 5.58. The molecule has 1 aromatic heterocycles. The number of hydrogen-bond acceptors (Lipinski definition) is 5. The topological polar surface area (TPSA) is 61.2 Å². The van der Waals surface area contributed by atoms with Crippen molar-refractivity contribution in [2.24, 2.45) is 0 Å². The van der Waals surface area contributed by atoms with Gasteiger partial charge in [0.05, 0.1) is 29.3 Å². The van der Waals surface area contributed by atoms with Gasteiger partial charge in [0, 0.05) is 18.6 Å². The molecule has 2 aromatic rings. The van der Waals surface area contributed by atoms with E-state index >= 15 is 0 Å². The van der Waals surface area contributed by atoms with E-state index in [0.29, 0.717) is 40.7 Å². The first kappa shape index (κ1) is 17.5. The van der Waals surface area contributed by atoms with Crippen LogP contribution >= 0.6 is 23.4 Å². The summed E-state index contributed by atoms with van der Waals surface area (Å²) < 4.78 is 6.72. The summed E-state index contributed by atoms with van der Waals surface area (Å²) in [5, 5.41) is 1.49. The average Bonchev–Trinajstić information content (AvgIpc) is 2.56. The van der Waals surface area contributed by atoms with Crippen molar-refractivity contribution < 1.29 is 9.53 Å². The molecule has 5 nitrogen and oxygen atoms in total. The van der Waals surface area contributed by atoms with Crippen LogP contribution in [0.4, 0.5) is 0 Å². The molecule has 0 aliphatic heterocycles. The molecule has 7 heteroatoms. The van der Waals surface area contributed by atoms with Crippen molar-refractivity contribution in [3.05, 3.63) is 33.6 Å². The Morgan fingerprint density at radius 3 is 2.96 bits per heavy atom. The fraction of sp³-hybridized carbons (Fsp3) is 0.471. The molecule has 0 bridgehead atoms. The summed E-state index contributed by atoms with van der Waals surface area (Å²) in [7, 11) is 1.59. The largest absolute Gasteiger partial charge is 0.383 e. The molecule has 0 radical (unpaired) electrons. The Morgan fingerprint density at radius 2 is 2.21 bits per heavy atom. The summed E-state index contributed by atoms with van der Waals surface area (Å²) >= 11 is 7.42. The van der Waals surface area contributed by atoms with Gasteiger partial charge in [0.1, 0.15) is 5.78 Å². The van der Waals surface area contributed by atoms with Gasteiger partial charge in [-0.25, -0.2) is 4.98 Å².